The van der Waals surface area contributed by atoms with Crippen molar-refractivity contribution in [3.63, 3.8) is 0 Å². The number of carboxylic acid groups (broad SMARTS) is 1. The number of aromatic nitrogens is 5. The molecule has 0 fully saturated rings. The Balaban J connectivity index is 1.43. The first-order chi connectivity index (χ1) is 22.7. The van der Waals surface area contributed by atoms with Crippen molar-refractivity contribution in [1.29, 1.82) is 5.26 Å². The number of carbonyl (C=O) groups is 1. The van der Waals surface area contributed by atoms with Crippen molar-refractivity contribution in [3.05, 3.63) is 91.1 Å². The molecule has 0 bridgehead atoms. The van der Waals surface area contributed by atoms with Crippen LogP contribution in [0.3, 0.4) is 0 Å². The molecule has 0 aliphatic heterocycles. The smallest absolute Gasteiger partial charge is 0.417 e. The van der Waals surface area contributed by atoms with Gasteiger partial charge in [-0.05, 0) is 56.7 Å². The van der Waals surface area contributed by atoms with Crippen LogP contribution in [-0.2, 0) is 19.8 Å². The number of hydrogen-bond acceptors (Lipinski definition) is 8. The number of alkyl halides is 3. The molecule has 10 nitrogen and oxygen atoms in total. The molecule has 48 heavy (non-hydrogen) atoms. The van der Waals surface area contributed by atoms with Gasteiger partial charge in [-0.15, -0.1) is 11.3 Å². The molecule has 15 heteroatoms. The Morgan fingerprint density at radius 3 is 2.54 bits per heavy atom. The van der Waals surface area contributed by atoms with Crippen LogP contribution in [-0.4, -0.2) is 42.0 Å². The molecule has 2 aromatic carbocycles. The quantitative estimate of drug-likeness (QED) is 0.184. The highest BCUT2D eigenvalue weighted by Gasteiger charge is 2.38. The summed E-state index contributed by atoms with van der Waals surface area (Å²) in [4.78, 5) is 34.5. The van der Waals surface area contributed by atoms with Crippen molar-refractivity contribution >= 4 is 50.0 Å². The average molecular weight is 693 g/mol. The maximum Gasteiger partial charge on any atom is 0.417 e. The summed E-state index contributed by atoms with van der Waals surface area (Å²) in [5.41, 5.74) is -0.264. The third-order valence-electron chi connectivity index (χ3n) is 7.90. The number of halogens is 4. The van der Waals surface area contributed by atoms with E-state index in [2.05, 4.69) is 15.1 Å². The van der Waals surface area contributed by atoms with E-state index in [9.17, 15) is 33.1 Å². The number of benzene rings is 2. The molecule has 0 amide bonds. The number of hydrogen-bond donors (Lipinski definition) is 1. The lowest BCUT2D eigenvalue weighted by atomic mass is 9.93. The van der Waals surface area contributed by atoms with Crippen molar-refractivity contribution in [2.45, 2.75) is 33.5 Å². The molecular weight excluding hydrogens is 669 g/mol. The fraction of sp³-hybridized carbons (Fsp3) is 0.212. The second-order valence-corrected chi connectivity index (χ2v) is 12.3. The number of fused-ring (bicyclic) bond motifs is 2. The predicted molar refractivity (Wildman–Crippen MR) is 175 cm³/mol. The number of carboxylic acids is 1. The highest BCUT2D eigenvalue weighted by molar-refractivity contribution is 7.18. The lowest BCUT2D eigenvalue weighted by molar-refractivity contribution is -0.137. The summed E-state index contributed by atoms with van der Waals surface area (Å²) in [6.07, 6.45) is -3.46. The predicted octanol–water partition coefficient (Wildman–Crippen LogP) is 7.32. The highest BCUT2D eigenvalue weighted by atomic mass is 35.5. The standard InChI is InChI=1S/C33H24ClF3N6O4S/c1-15-13-39-42(4)29(15)26-21(12-38)27-24(11-23(26)33(35,36)37)41-17(3)43(31(27)44)7-8-47-25-6-5-18(34)10-19(25)20-9-16(2)40-28-22(32(45)46)14-48-30(20)28/h5-6,9-11,13-14H,7-8H2,1-4H3,(H,45,46). The molecule has 0 saturated carbocycles. The van der Waals surface area contributed by atoms with Crippen LogP contribution in [0.2, 0.25) is 5.02 Å². The zero-order chi connectivity index (χ0) is 34.7. The molecule has 0 atom stereocenters. The second kappa shape index (κ2) is 12.1. The van der Waals surface area contributed by atoms with Crippen LogP contribution in [0, 0.1) is 32.1 Å². The number of aromatic carboxylic acids is 1. The van der Waals surface area contributed by atoms with Gasteiger partial charge in [-0.1, -0.05) is 11.6 Å². The maximum absolute atomic E-state index is 14.4. The second-order valence-electron chi connectivity index (χ2n) is 11.0. The fourth-order valence-electron chi connectivity index (χ4n) is 5.82. The number of nitrogens with zero attached hydrogens (tertiary/aromatic N) is 6. The topological polar surface area (TPSA) is 136 Å². The molecule has 0 saturated heterocycles. The van der Waals surface area contributed by atoms with Gasteiger partial charge in [-0.25, -0.2) is 9.78 Å². The van der Waals surface area contributed by atoms with E-state index in [0.29, 0.717) is 43.4 Å². The molecule has 4 aromatic heterocycles. The molecule has 1 N–H and O–H groups in total. The van der Waals surface area contributed by atoms with E-state index < -0.39 is 34.4 Å². The van der Waals surface area contributed by atoms with E-state index in [1.807, 2.05) is 6.07 Å². The molecule has 0 aliphatic rings. The third kappa shape index (κ3) is 5.54. The number of nitriles is 1. The Hall–Kier alpha value is -5.26. The van der Waals surface area contributed by atoms with Crippen LogP contribution in [0.15, 0.2) is 46.7 Å². The van der Waals surface area contributed by atoms with E-state index in [4.69, 9.17) is 16.3 Å². The Morgan fingerprint density at radius 2 is 1.90 bits per heavy atom. The SMILES string of the molecule is Cc1cc(-c2cc(Cl)ccc2OCCn2c(C)nc3cc(C(F)(F)F)c(-c4c(C)cnn4C)c(C#N)c3c2=O)c2scc(C(=O)O)c2n1. The number of rotatable bonds is 7. The largest absolute Gasteiger partial charge is 0.491 e. The summed E-state index contributed by atoms with van der Waals surface area (Å²) in [6.45, 7) is 4.67. The van der Waals surface area contributed by atoms with Crippen LogP contribution in [0.25, 0.3) is 43.5 Å². The molecule has 244 valence electrons. The third-order valence-corrected chi connectivity index (χ3v) is 9.14. The van der Waals surface area contributed by atoms with E-state index in [1.54, 1.807) is 38.1 Å². The van der Waals surface area contributed by atoms with Crippen molar-refractivity contribution in [2.75, 3.05) is 6.61 Å². The van der Waals surface area contributed by atoms with Gasteiger partial charge in [0.05, 0.1) is 56.2 Å². The number of pyridine rings is 1. The summed E-state index contributed by atoms with van der Waals surface area (Å²) in [5, 5.41) is 25.6. The van der Waals surface area contributed by atoms with Crippen LogP contribution < -0.4 is 10.3 Å². The minimum Gasteiger partial charge on any atom is -0.491 e. The zero-order valence-electron chi connectivity index (χ0n) is 25.7. The number of aryl methyl sites for hydroxylation is 4. The number of thiophene rings is 1. The molecule has 6 aromatic rings. The normalized spacial score (nSPS) is 11.7. The molecule has 4 heterocycles. The number of ether oxygens (including phenoxy) is 1. The first-order valence-electron chi connectivity index (χ1n) is 14.3. The Kier molecular flexibility index (Phi) is 8.22. The van der Waals surface area contributed by atoms with Gasteiger partial charge >= 0.3 is 12.1 Å². The average Bonchev–Trinajstić information content (AvgIpc) is 3.59. The van der Waals surface area contributed by atoms with Gasteiger partial charge in [-0.2, -0.15) is 23.5 Å². The summed E-state index contributed by atoms with van der Waals surface area (Å²) < 4.78 is 52.4. The summed E-state index contributed by atoms with van der Waals surface area (Å²) >= 11 is 7.58. The molecule has 0 radical (unpaired) electrons. The van der Waals surface area contributed by atoms with Gasteiger partial charge in [0.1, 0.15) is 24.3 Å². The minimum atomic E-state index is -4.85. The van der Waals surface area contributed by atoms with E-state index in [0.717, 1.165) is 6.07 Å². The molecule has 6 rings (SSSR count). The summed E-state index contributed by atoms with van der Waals surface area (Å²) in [5.74, 6) is -0.591. The Bertz CT molecular complexity index is 2390. The maximum atomic E-state index is 14.4. The molecule has 0 unspecified atom stereocenters. The van der Waals surface area contributed by atoms with E-state index >= 15 is 0 Å². The monoisotopic (exact) mass is 692 g/mol. The van der Waals surface area contributed by atoms with Crippen LogP contribution in [0.1, 0.15) is 38.6 Å². The van der Waals surface area contributed by atoms with E-state index in [-0.39, 0.29) is 41.1 Å². The first-order valence-corrected chi connectivity index (χ1v) is 15.6. The lowest BCUT2D eigenvalue weighted by Gasteiger charge is -2.19. The lowest BCUT2D eigenvalue weighted by Crippen LogP contribution is -2.28. The van der Waals surface area contributed by atoms with Crippen LogP contribution in [0.4, 0.5) is 13.2 Å². The molecular formula is C33H24ClF3N6O4S. The summed E-state index contributed by atoms with van der Waals surface area (Å²) in [6, 6.07) is 9.39. The molecule has 0 spiro atoms. The Morgan fingerprint density at radius 1 is 1.15 bits per heavy atom. The van der Waals surface area contributed by atoms with Crippen molar-refractivity contribution < 1.29 is 27.8 Å². The van der Waals surface area contributed by atoms with Gasteiger partial charge in [0.25, 0.3) is 5.56 Å². The van der Waals surface area contributed by atoms with Crippen LogP contribution >= 0.6 is 22.9 Å². The highest BCUT2D eigenvalue weighted by Crippen LogP contribution is 2.43. The van der Waals surface area contributed by atoms with Crippen molar-refractivity contribution in [1.82, 2.24) is 24.3 Å². The van der Waals surface area contributed by atoms with E-state index in [1.165, 1.54) is 46.1 Å². The van der Waals surface area contributed by atoms with Crippen LogP contribution in [0.5, 0.6) is 5.75 Å². The van der Waals surface area contributed by atoms with Crippen molar-refractivity contribution in [2.24, 2.45) is 7.05 Å². The molecule has 0 aliphatic carbocycles. The van der Waals surface area contributed by atoms with Gasteiger partial charge in [0.2, 0.25) is 0 Å². The van der Waals surface area contributed by atoms with Gasteiger partial charge < -0.3 is 9.84 Å². The van der Waals surface area contributed by atoms with Gasteiger partial charge in [0.15, 0.2) is 0 Å². The first kappa shape index (κ1) is 32.7. The zero-order valence-corrected chi connectivity index (χ0v) is 27.3. The van der Waals surface area contributed by atoms with Crippen molar-refractivity contribution in [3.8, 4) is 34.2 Å². The van der Waals surface area contributed by atoms with Gasteiger partial charge in [-0.3, -0.25) is 19.0 Å². The van der Waals surface area contributed by atoms with Gasteiger partial charge in [0, 0.05) is 39.8 Å². The fourth-order valence-corrected chi connectivity index (χ4v) is 7.00. The summed E-state index contributed by atoms with van der Waals surface area (Å²) in [7, 11) is 1.46. The Labute approximate surface area is 279 Å². The minimum absolute atomic E-state index is 0.0609.